The number of aliphatic hydroxyl groups excluding tert-OH is 1. The van der Waals surface area contributed by atoms with Crippen LogP contribution in [0.25, 0.3) is 44.0 Å². The molecule has 6 heterocycles. The van der Waals surface area contributed by atoms with E-state index in [4.69, 9.17) is 14.2 Å². The van der Waals surface area contributed by atoms with E-state index in [1.165, 1.54) is 22.0 Å². The summed E-state index contributed by atoms with van der Waals surface area (Å²) in [4.78, 5) is 63.6. The second kappa shape index (κ2) is 20.7. The topological polar surface area (TPSA) is 212 Å². The van der Waals surface area contributed by atoms with Crippen LogP contribution in [0.3, 0.4) is 0 Å². The zero-order valence-corrected chi connectivity index (χ0v) is 37.5. The highest BCUT2D eigenvalue weighted by Gasteiger charge is 2.44. The van der Waals surface area contributed by atoms with Crippen LogP contribution in [0.5, 0.6) is 6.01 Å². The van der Waals surface area contributed by atoms with Crippen molar-refractivity contribution in [3.8, 4) is 39.0 Å². The van der Waals surface area contributed by atoms with E-state index in [1.807, 2.05) is 50.2 Å². The summed E-state index contributed by atoms with van der Waals surface area (Å²) in [6.45, 7) is 8.65. The Balaban J connectivity index is 0.856. The van der Waals surface area contributed by atoms with E-state index in [0.717, 1.165) is 27.1 Å². The molecule has 1 aliphatic heterocycles. The molecule has 0 aliphatic carbocycles. The van der Waals surface area contributed by atoms with Crippen molar-refractivity contribution in [2.45, 2.75) is 78.2 Å². The van der Waals surface area contributed by atoms with Gasteiger partial charge in [-0.1, -0.05) is 45.0 Å². The summed E-state index contributed by atoms with van der Waals surface area (Å²) in [6, 6.07) is 10.9. The number of rotatable bonds is 19. The minimum absolute atomic E-state index is 0.0443. The standard InChI is InChI=1S/C45H52F2N10O7S/c1-26(28-6-8-29(9-7-28)39-27(2)51-25-65-39)52-42(60)35-19-32(58)21-57(35)43(61)40(45(3,4)5)54-37(59)24-63-15-14-62-16-17-64-44-49-13-11-34(53-44)33-22-56(23-36(46)47)55-38(33)31-18-30-10-12-48-41(30)50-20-31/h6-13,18,20,22,25-26,32,35-36,40,58H,14-17,19,21,23-24H2,1-5H3,(H,48,50)(H,52,60)(H,54,59)/t26?,32-,35+,40?/m1/s1. The predicted octanol–water partition coefficient (Wildman–Crippen LogP) is 5.36. The van der Waals surface area contributed by atoms with Gasteiger partial charge in [-0.15, -0.1) is 11.3 Å². The minimum atomic E-state index is -2.61. The fourth-order valence-electron chi connectivity index (χ4n) is 7.48. The molecule has 0 spiro atoms. The summed E-state index contributed by atoms with van der Waals surface area (Å²) >= 11 is 1.56. The van der Waals surface area contributed by atoms with Gasteiger partial charge in [0.1, 0.15) is 43.2 Å². The number of carbonyl (C=O) groups is 3. The van der Waals surface area contributed by atoms with Crippen molar-refractivity contribution >= 4 is 40.1 Å². The van der Waals surface area contributed by atoms with Gasteiger partial charge in [-0.05, 0) is 48.6 Å². The number of fused-ring (bicyclic) bond motifs is 1. The molecule has 20 heteroatoms. The first kappa shape index (κ1) is 46.8. The third kappa shape index (κ3) is 11.7. The lowest BCUT2D eigenvalue weighted by Gasteiger charge is -2.35. The van der Waals surface area contributed by atoms with Gasteiger partial charge in [-0.2, -0.15) is 10.1 Å². The number of amides is 3. The van der Waals surface area contributed by atoms with Crippen molar-refractivity contribution in [2.24, 2.45) is 5.41 Å². The molecule has 1 saturated heterocycles. The number of halogens is 2. The number of nitrogens with zero attached hydrogens (tertiary/aromatic N) is 7. The Hall–Kier alpha value is -6.22. The summed E-state index contributed by atoms with van der Waals surface area (Å²) in [6.07, 6.45) is 2.92. The number of aromatic nitrogens is 7. The number of carbonyl (C=O) groups excluding carboxylic acids is 3. The largest absolute Gasteiger partial charge is 0.461 e. The maximum Gasteiger partial charge on any atom is 0.316 e. The molecule has 1 fully saturated rings. The number of benzene rings is 1. The number of aryl methyl sites for hydroxylation is 1. The van der Waals surface area contributed by atoms with Gasteiger partial charge >= 0.3 is 6.01 Å². The van der Waals surface area contributed by atoms with Crippen molar-refractivity contribution in [3.63, 3.8) is 0 Å². The molecule has 344 valence electrons. The normalized spacial score (nSPS) is 16.2. The molecule has 6 aromatic rings. The highest BCUT2D eigenvalue weighted by atomic mass is 32.1. The number of thiazole rings is 1. The number of hydrogen-bond acceptors (Lipinski definition) is 13. The molecule has 0 bridgehead atoms. The number of β-amino-alcohol motifs (C(OH)–C–C–N with tert-alkyl or cyclic N) is 1. The van der Waals surface area contributed by atoms with E-state index in [0.29, 0.717) is 28.2 Å². The number of aliphatic hydroxyl groups is 1. The van der Waals surface area contributed by atoms with Crippen molar-refractivity contribution in [1.29, 1.82) is 0 Å². The molecule has 3 amide bonds. The molecule has 4 atom stereocenters. The molecule has 7 rings (SSSR count). The Morgan fingerprint density at radius 1 is 1.00 bits per heavy atom. The molecular formula is C45H52F2N10O7S. The van der Waals surface area contributed by atoms with Crippen LogP contribution in [-0.4, -0.2) is 127 Å². The number of H-pyrrole nitrogens is 1. The van der Waals surface area contributed by atoms with E-state index in [9.17, 15) is 28.3 Å². The van der Waals surface area contributed by atoms with E-state index < -0.39 is 54.3 Å². The molecule has 2 unspecified atom stereocenters. The van der Waals surface area contributed by atoms with E-state index >= 15 is 0 Å². The summed E-state index contributed by atoms with van der Waals surface area (Å²) in [5, 5.41) is 21.6. The molecule has 5 aromatic heterocycles. The van der Waals surface area contributed by atoms with Crippen molar-refractivity contribution < 1.29 is 42.5 Å². The Morgan fingerprint density at radius 3 is 2.51 bits per heavy atom. The predicted molar refractivity (Wildman–Crippen MR) is 238 cm³/mol. The average Bonchev–Trinajstić information content (AvgIpc) is 4.10. The lowest BCUT2D eigenvalue weighted by atomic mass is 9.85. The van der Waals surface area contributed by atoms with Gasteiger partial charge in [0.15, 0.2) is 0 Å². The lowest BCUT2D eigenvalue weighted by molar-refractivity contribution is -0.144. The first-order chi connectivity index (χ1) is 31.1. The summed E-state index contributed by atoms with van der Waals surface area (Å²) in [5.41, 5.74) is 6.57. The molecular weight excluding hydrogens is 863 g/mol. The van der Waals surface area contributed by atoms with Gasteiger partial charge in [0, 0.05) is 54.3 Å². The zero-order valence-electron chi connectivity index (χ0n) is 36.7. The third-order valence-corrected chi connectivity index (χ3v) is 11.8. The maximum atomic E-state index is 14.0. The Morgan fingerprint density at radius 2 is 1.77 bits per heavy atom. The Labute approximate surface area is 378 Å². The fraction of sp³-hybridized carbons (Fsp3) is 0.422. The first-order valence-corrected chi connectivity index (χ1v) is 22.0. The van der Waals surface area contributed by atoms with Crippen LogP contribution in [0.4, 0.5) is 8.78 Å². The van der Waals surface area contributed by atoms with Crippen molar-refractivity contribution in [2.75, 3.05) is 39.6 Å². The molecule has 1 aromatic carbocycles. The van der Waals surface area contributed by atoms with Crippen LogP contribution in [0.2, 0.25) is 0 Å². The molecule has 65 heavy (non-hydrogen) atoms. The molecule has 1 aliphatic rings. The fourth-order valence-corrected chi connectivity index (χ4v) is 8.29. The number of aromatic amines is 1. The monoisotopic (exact) mass is 914 g/mol. The second-order valence-corrected chi connectivity index (χ2v) is 17.6. The van der Waals surface area contributed by atoms with Gasteiger partial charge in [0.25, 0.3) is 6.43 Å². The second-order valence-electron chi connectivity index (χ2n) is 16.8. The quantitative estimate of drug-likeness (QED) is 0.0757. The van der Waals surface area contributed by atoms with E-state index in [1.54, 1.807) is 56.1 Å². The molecule has 17 nitrogen and oxygen atoms in total. The zero-order chi connectivity index (χ0) is 46.3. The van der Waals surface area contributed by atoms with Gasteiger partial charge < -0.3 is 39.8 Å². The number of alkyl halides is 2. The highest BCUT2D eigenvalue weighted by molar-refractivity contribution is 7.13. The number of hydrogen-bond donors (Lipinski definition) is 4. The highest BCUT2D eigenvalue weighted by Crippen LogP contribution is 2.33. The van der Waals surface area contributed by atoms with Crippen molar-refractivity contribution in [1.82, 2.24) is 50.2 Å². The van der Waals surface area contributed by atoms with E-state index in [-0.39, 0.29) is 58.1 Å². The summed E-state index contributed by atoms with van der Waals surface area (Å²) in [7, 11) is 0. The van der Waals surface area contributed by atoms with Gasteiger partial charge in [0.05, 0.1) is 53.7 Å². The average molecular weight is 915 g/mol. The van der Waals surface area contributed by atoms with Crippen molar-refractivity contribution in [3.05, 3.63) is 84.0 Å². The van der Waals surface area contributed by atoms with Gasteiger partial charge in [0.2, 0.25) is 17.7 Å². The van der Waals surface area contributed by atoms with Crippen LogP contribution in [-0.2, 0) is 30.4 Å². The third-order valence-electron chi connectivity index (χ3n) is 10.8. The van der Waals surface area contributed by atoms with E-state index in [2.05, 4.69) is 40.7 Å². The van der Waals surface area contributed by atoms with Crippen LogP contribution in [0.1, 0.15) is 51.4 Å². The first-order valence-electron chi connectivity index (χ1n) is 21.1. The van der Waals surface area contributed by atoms with Crippen LogP contribution >= 0.6 is 11.3 Å². The lowest BCUT2D eigenvalue weighted by Crippen LogP contribution is -2.58. The molecule has 4 N–H and O–H groups in total. The summed E-state index contributed by atoms with van der Waals surface area (Å²) in [5.74, 6) is -1.41. The Bertz CT molecular complexity index is 2580. The number of nitrogens with one attached hydrogen (secondary N) is 3. The number of pyridine rings is 1. The maximum absolute atomic E-state index is 14.0. The molecule has 0 saturated carbocycles. The smallest absolute Gasteiger partial charge is 0.316 e. The Kier molecular flexibility index (Phi) is 14.9. The van der Waals surface area contributed by atoms with Crippen LogP contribution in [0.15, 0.2) is 72.8 Å². The minimum Gasteiger partial charge on any atom is -0.461 e. The summed E-state index contributed by atoms with van der Waals surface area (Å²) < 4.78 is 44.7. The molecule has 0 radical (unpaired) electrons. The van der Waals surface area contributed by atoms with Crippen LogP contribution < -0.4 is 15.4 Å². The number of ether oxygens (including phenoxy) is 3. The van der Waals surface area contributed by atoms with Crippen LogP contribution in [0, 0.1) is 12.3 Å². The van der Waals surface area contributed by atoms with Gasteiger partial charge in [-0.3, -0.25) is 19.1 Å². The van der Waals surface area contributed by atoms with Gasteiger partial charge in [-0.25, -0.2) is 23.7 Å². The SMILES string of the molecule is Cc1ncsc1-c1ccc(C(C)NC(=O)[C@@H]2C[C@@H](O)CN2C(=O)C(NC(=O)COCCOCCOc2nccc(-c3cn(CC(F)F)nc3-c3cnc4[nH]ccc4c3)n2)C(C)(C)C)cc1. The number of likely N-dealkylation sites (tertiary alicyclic amines) is 1.